The van der Waals surface area contributed by atoms with E-state index in [1.807, 2.05) is 32.0 Å². The van der Waals surface area contributed by atoms with Crippen molar-refractivity contribution in [3.8, 4) is 6.07 Å². The van der Waals surface area contributed by atoms with E-state index in [0.29, 0.717) is 11.3 Å². The zero-order valence-electron chi connectivity index (χ0n) is 10.7. The van der Waals surface area contributed by atoms with Crippen LogP contribution in [0.5, 0.6) is 0 Å². The third-order valence-corrected chi connectivity index (χ3v) is 2.66. The molecule has 0 spiro atoms. The average molecular weight is 255 g/mol. The van der Waals surface area contributed by atoms with Crippen LogP contribution in [-0.2, 0) is 0 Å². The number of aryl methyl sites for hydroxylation is 1. The molecule has 1 unspecified atom stereocenters. The third-order valence-electron chi connectivity index (χ3n) is 2.66. The highest BCUT2D eigenvalue weighted by Gasteiger charge is 2.14. The van der Waals surface area contributed by atoms with E-state index in [2.05, 4.69) is 10.3 Å². The third kappa shape index (κ3) is 2.99. The fourth-order valence-electron chi connectivity index (χ4n) is 1.62. The molecule has 2 rings (SSSR count). The molecule has 96 valence electrons. The highest BCUT2D eigenvalue weighted by molar-refractivity contribution is 5.92. The predicted molar refractivity (Wildman–Crippen MR) is 68.3 cm³/mol. The molecule has 2 heterocycles. The van der Waals surface area contributed by atoms with Gasteiger partial charge in [0.2, 0.25) is 0 Å². The van der Waals surface area contributed by atoms with Gasteiger partial charge in [0.15, 0.2) is 0 Å². The lowest BCUT2D eigenvalue weighted by Crippen LogP contribution is -2.27. The maximum Gasteiger partial charge on any atom is 0.270 e. The van der Waals surface area contributed by atoms with Crippen LogP contribution in [0.3, 0.4) is 0 Å². The van der Waals surface area contributed by atoms with Crippen molar-refractivity contribution >= 4 is 5.91 Å². The van der Waals surface area contributed by atoms with Crippen LogP contribution in [0.15, 0.2) is 34.9 Å². The Morgan fingerprint density at radius 1 is 1.42 bits per heavy atom. The van der Waals surface area contributed by atoms with Crippen molar-refractivity contribution in [2.75, 3.05) is 0 Å². The summed E-state index contributed by atoms with van der Waals surface area (Å²) in [6.07, 6.45) is 1.37. The second-order valence-electron chi connectivity index (χ2n) is 4.19. The van der Waals surface area contributed by atoms with Gasteiger partial charge < -0.3 is 9.73 Å². The fourth-order valence-corrected chi connectivity index (χ4v) is 1.62. The molecule has 0 bridgehead atoms. The predicted octanol–water partition coefficient (Wildman–Crippen LogP) is 2.35. The molecule has 0 saturated carbocycles. The monoisotopic (exact) mass is 255 g/mol. The molecule has 19 heavy (non-hydrogen) atoms. The van der Waals surface area contributed by atoms with Crippen molar-refractivity contribution in [2.24, 2.45) is 0 Å². The summed E-state index contributed by atoms with van der Waals surface area (Å²) in [6.45, 7) is 3.68. The lowest BCUT2D eigenvalue weighted by atomic mass is 10.2. The summed E-state index contributed by atoms with van der Waals surface area (Å²) in [4.78, 5) is 15.9. The number of pyridine rings is 1. The average Bonchev–Trinajstić information content (AvgIpc) is 2.85. The molecule has 0 radical (unpaired) electrons. The molecule has 1 atom stereocenters. The Bertz CT molecular complexity index is 623. The first kappa shape index (κ1) is 12.8. The maximum atomic E-state index is 11.9. The van der Waals surface area contributed by atoms with Gasteiger partial charge >= 0.3 is 0 Å². The number of furan rings is 1. The number of nitrogens with zero attached hydrogens (tertiary/aromatic N) is 2. The Kier molecular flexibility index (Phi) is 3.62. The molecule has 2 aromatic heterocycles. The van der Waals surface area contributed by atoms with Gasteiger partial charge in [-0.15, -0.1) is 0 Å². The van der Waals surface area contributed by atoms with E-state index < -0.39 is 0 Å². The molecule has 5 heteroatoms. The lowest BCUT2D eigenvalue weighted by Gasteiger charge is -2.10. The van der Waals surface area contributed by atoms with Crippen molar-refractivity contribution in [2.45, 2.75) is 19.9 Å². The van der Waals surface area contributed by atoms with Gasteiger partial charge in [0.25, 0.3) is 5.91 Å². The largest absolute Gasteiger partial charge is 0.464 e. The number of aromatic nitrogens is 1. The quantitative estimate of drug-likeness (QED) is 0.913. The summed E-state index contributed by atoms with van der Waals surface area (Å²) in [7, 11) is 0. The highest BCUT2D eigenvalue weighted by atomic mass is 16.3. The van der Waals surface area contributed by atoms with Gasteiger partial charge in [0.1, 0.15) is 23.3 Å². The number of hydrogen-bond acceptors (Lipinski definition) is 4. The van der Waals surface area contributed by atoms with E-state index in [0.717, 1.165) is 5.76 Å². The van der Waals surface area contributed by atoms with Gasteiger partial charge in [-0.05, 0) is 38.1 Å². The number of carbonyl (C=O) groups excluding carboxylic acids is 1. The van der Waals surface area contributed by atoms with Crippen molar-refractivity contribution in [3.63, 3.8) is 0 Å². The SMILES string of the molecule is Cc1ccc(C(C)NC(=O)c2ccc(C#N)cn2)o1. The molecule has 2 aromatic rings. The first-order valence-corrected chi connectivity index (χ1v) is 5.83. The maximum absolute atomic E-state index is 11.9. The van der Waals surface area contributed by atoms with E-state index in [-0.39, 0.29) is 17.6 Å². The number of amides is 1. The minimum atomic E-state index is -0.300. The van der Waals surface area contributed by atoms with Gasteiger partial charge in [-0.1, -0.05) is 0 Å². The summed E-state index contributed by atoms with van der Waals surface area (Å²) < 4.78 is 5.44. The second-order valence-corrected chi connectivity index (χ2v) is 4.19. The van der Waals surface area contributed by atoms with Gasteiger partial charge in [-0.2, -0.15) is 5.26 Å². The Morgan fingerprint density at radius 2 is 2.21 bits per heavy atom. The van der Waals surface area contributed by atoms with Crippen molar-refractivity contribution in [1.29, 1.82) is 5.26 Å². The zero-order valence-corrected chi connectivity index (χ0v) is 10.7. The molecule has 0 fully saturated rings. The number of nitriles is 1. The number of carbonyl (C=O) groups is 1. The first-order chi connectivity index (χ1) is 9.10. The molecule has 1 amide bonds. The van der Waals surface area contributed by atoms with Crippen molar-refractivity contribution < 1.29 is 9.21 Å². The van der Waals surface area contributed by atoms with E-state index >= 15 is 0 Å². The molecule has 0 saturated heterocycles. The Morgan fingerprint density at radius 3 is 2.74 bits per heavy atom. The van der Waals surface area contributed by atoms with E-state index in [1.54, 1.807) is 6.07 Å². The van der Waals surface area contributed by atoms with Crippen LogP contribution >= 0.6 is 0 Å². The molecular formula is C14H13N3O2. The fraction of sp³-hybridized carbons (Fsp3) is 0.214. The van der Waals surface area contributed by atoms with Crippen LogP contribution in [0.2, 0.25) is 0 Å². The summed E-state index contributed by atoms with van der Waals surface area (Å²) in [5.74, 6) is 1.19. The molecule has 1 N–H and O–H groups in total. The van der Waals surface area contributed by atoms with Crippen molar-refractivity contribution in [3.05, 3.63) is 53.2 Å². The van der Waals surface area contributed by atoms with Crippen LogP contribution in [-0.4, -0.2) is 10.9 Å². The van der Waals surface area contributed by atoms with Crippen LogP contribution in [0.25, 0.3) is 0 Å². The Hall–Kier alpha value is -2.61. The molecule has 0 aliphatic rings. The van der Waals surface area contributed by atoms with Gasteiger partial charge in [0.05, 0.1) is 11.6 Å². The number of rotatable bonds is 3. The van der Waals surface area contributed by atoms with E-state index in [4.69, 9.17) is 9.68 Å². The Labute approximate surface area is 110 Å². The minimum absolute atomic E-state index is 0.237. The zero-order chi connectivity index (χ0) is 13.8. The number of nitrogens with one attached hydrogen (secondary N) is 1. The molecule has 0 aliphatic carbocycles. The summed E-state index contributed by atoms with van der Waals surface area (Å²) in [5, 5.41) is 11.4. The topological polar surface area (TPSA) is 78.9 Å². The van der Waals surface area contributed by atoms with E-state index in [1.165, 1.54) is 12.3 Å². The molecule has 5 nitrogen and oxygen atoms in total. The molecule has 0 aliphatic heterocycles. The summed E-state index contributed by atoms with van der Waals surface area (Å²) in [5.41, 5.74) is 0.695. The van der Waals surface area contributed by atoms with Gasteiger partial charge in [-0.25, -0.2) is 4.98 Å². The van der Waals surface area contributed by atoms with Crippen molar-refractivity contribution in [1.82, 2.24) is 10.3 Å². The van der Waals surface area contributed by atoms with Gasteiger partial charge in [0, 0.05) is 6.20 Å². The lowest BCUT2D eigenvalue weighted by molar-refractivity contribution is 0.0930. The van der Waals surface area contributed by atoms with Gasteiger partial charge in [-0.3, -0.25) is 4.79 Å². The van der Waals surface area contributed by atoms with Crippen LogP contribution in [0, 0.1) is 18.3 Å². The van der Waals surface area contributed by atoms with E-state index in [9.17, 15) is 4.79 Å². The smallest absolute Gasteiger partial charge is 0.270 e. The second kappa shape index (κ2) is 5.36. The summed E-state index contributed by atoms with van der Waals surface area (Å²) >= 11 is 0. The normalized spacial score (nSPS) is 11.6. The van der Waals surface area contributed by atoms with Crippen LogP contribution in [0.1, 0.15) is 40.5 Å². The van der Waals surface area contributed by atoms with Crippen LogP contribution in [0.4, 0.5) is 0 Å². The number of hydrogen-bond donors (Lipinski definition) is 1. The first-order valence-electron chi connectivity index (χ1n) is 5.83. The standard InChI is InChI=1S/C14H13N3O2/c1-9-3-6-13(19-9)10(2)17-14(18)12-5-4-11(7-15)8-16-12/h3-6,8,10H,1-2H3,(H,17,18). The highest BCUT2D eigenvalue weighted by Crippen LogP contribution is 2.15. The molecular weight excluding hydrogens is 242 g/mol. The minimum Gasteiger partial charge on any atom is -0.464 e. The summed E-state index contributed by atoms with van der Waals surface area (Å²) in [6, 6.07) is 8.47. The van der Waals surface area contributed by atoms with Crippen LogP contribution < -0.4 is 5.32 Å². The Balaban J connectivity index is 2.06. The molecule has 0 aromatic carbocycles.